The van der Waals surface area contributed by atoms with E-state index in [0.29, 0.717) is 0 Å². The Morgan fingerprint density at radius 2 is 2.14 bits per heavy atom. The molecule has 1 aromatic rings. The number of carboxylic acids is 1. The molecule has 2 unspecified atom stereocenters. The number of carboxylic acid groups (broad SMARTS) is 1. The van der Waals surface area contributed by atoms with Crippen molar-refractivity contribution < 1.29 is 24.2 Å². The summed E-state index contributed by atoms with van der Waals surface area (Å²) in [4.78, 5) is 24.2. The van der Waals surface area contributed by atoms with Crippen LogP contribution in [0.15, 0.2) is 16.6 Å². The van der Waals surface area contributed by atoms with Crippen molar-refractivity contribution in [2.24, 2.45) is 0 Å². The molecule has 2 atom stereocenters. The van der Waals surface area contributed by atoms with Gasteiger partial charge in [0, 0.05) is 17.4 Å². The minimum Gasteiger partial charge on any atom is -0.480 e. The molecule has 0 spiro atoms. The standard InChI is InChI=1S/C12H11BrClFN2O4/c13-7-1-5(15)2-8(14)10(7)16-12(21)17-4-6(18)3-9(17)11(19)20/h1-2,6,9,18H,3-4H2,(H,16,21)(H,19,20). The molecule has 0 aromatic heterocycles. The van der Waals surface area contributed by atoms with E-state index >= 15 is 0 Å². The molecule has 2 amide bonds. The fourth-order valence-corrected chi connectivity index (χ4v) is 3.01. The highest BCUT2D eigenvalue weighted by Gasteiger charge is 2.39. The normalized spacial score (nSPS) is 21.4. The second kappa shape index (κ2) is 6.17. The quantitative estimate of drug-likeness (QED) is 0.733. The van der Waals surface area contributed by atoms with Gasteiger partial charge in [0.05, 0.1) is 16.8 Å². The van der Waals surface area contributed by atoms with Gasteiger partial charge in [0.1, 0.15) is 11.9 Å². The van der Waals surface area contributed by atoms with E-state index in [1.165, 1.54) is 0 Å². The molecule has 9 heteroatoms. The van der Waals surface area contributed by atoms with Gasteiger partial charge in [0.25, 0.3) is 0 Å². The number of carbonyl (C=O) groups is 2. The number of aliphatic hydroxyl groups is 1. The monoisotopic (exact) mass is 380 g/mol. The molecule has 1 aliphatic rings. The van der Waals surface area contributed by atoms with Gasteiger partial charge in [-0.2, -0.15) is 0 Å². The van der Waals surface area contributed by atoms with E-state index in [1.54, 1.807) is 0 Å². The topological polar surface area (TPSA) is 89.9 Å². The molecule has 0 bridgehead atoms. The molecule has 1 heterocycles. The van der Waals surface area contributed by atoms with Crippen LogP contribution in [0.25, 0.3) is 0 Å². The predicted octanol–water partition coefficient (Wildman–Crippen LogP) is 2.29. The number of β-amino-alcohol motifs (C(OH)–C–C–N with tert-alkyl or cyclic N) is 1. The summed E-state index contributed by atoms with van der Waals surface area (Å²) >= 11 is 8.91. The molecule has 1 aromatic carbocycles. The molecule has 0 aliphatic carbocycles. The molecular weight excluding hydrogens is 370 g/mol. The molecule has 1 saturated heterocycles. The van der Waals surface area contributed by atoms with Crippen LogP contribution in [0.3, 0.4) is 0 Å². The number of aliphatic carboxylic acids is 1. The van der Waals surface area contributed by atoms with E-state index in [0.717, 1.165) is 17.0 Å². The molecule has 0 saturated carbocycles. The number of hydrogen-bond acceptors (Lipinski definition) is 3. The van der Waals surface area contributed by atoms with Gasteiger partial charge in [-0.25, -0.2) is 14.0 Å². The first kappa shape index (κ1) is 16.0. The third-order valence-electron chi connectivity index (χ3n) is 3.06. The van der Waals surface area contributed by atoms with Crippen LogP contribution in [0.2, 0.25) is 5.02 Å². The third-order valence-corrected chi connectivity index (χ3v) is 3.99. The molecule has 6 nitrogen and oxygen atoms in total. The first-order valence-electron chi connectivity index (χ1n) is 5.92. The van der Waals surface area contributed by atoms with Crippen LogP contribution in [0, 0.1) is 5.82 Å². The Morgan fingerprint density at radius 1 is 1.48 bits per heavy atom. The molecule has 1 aliphatic heterocycles. The Morgan fingerprint density at radius 3 is 2.71 bits per heavy atom. The summed E-state index contributed by atoms with van der Waals surface area (Å²) in [5.41, 5.74) is 0.133. The average Bonchev–Trinajstić information content (AvgIpc) is 2.76. The van der Waals surface area contributed by atoms with E-state index in [4.69, 9.17) is 16.7 Å². The highest BCUT2D eigenvalue weighted by Crippen LogP contribution is 2.32. The van der Waals surface area contributed by atoms with E-state index in [2.05, 4.69) is 21.2 Å². The van der Waals surface area contributed by atoms with E-state index in [-0.39, 0.29) is 28.1 Å². The van der Waals surface area contributed by atoms with Crippen molar-refractivity contribution in [2.75, 3.05) is 11.9 Å². The largest absolute Gasteiger partial charge is 0.480 e. The predicted molar refractivity (Wildman–Crippen MR) is 76.9 cm³/mol. The first-order valence-corrected chi connectivity index (χ1v) is 7.09. The zero-order valence-corrected chi connectivity index (χ0v) is 12.9. The van der Waals surface area contributed by atoms with Gasteiger partial charge < -0.3 is 20.4 Å². The van der Waals surface area contributed by atoms with Gasteiger partial charge in [-0.3, -0.25) is 0 Å². The highest BCUT2D eigenvalue weighted by molar-refractivity contribution is 9.10. The van der Waals surface area contributed by atoms with Gasteiger partial charge in [-0.1, -0.05) is 11.6 Å². The van der Waals surface area contributed by atoms with Crippen molar-refractivity contribution in [1.29, 1.82) is 0 Å². The van der Waals surface area contributed by atoms with Crippen LogP contribution in [0.4, 0.5) is 14.9 Å². The number of nitrogens with one attached hydrogen (secondary N) is 1. The summed E-state index contributed by atoms with van der Waals surface area (Å²) in [5.74, 6) is -1.78. The Hall–Kier alpha value is -1.38. The van der Waals surface area contributed by atoms with Gasteiger partial charge in [-0.15, -0.1) is 0 Å². The number of carbonyl (C=O) groups excluding carboxylic acids is 1. The Balaban J connectivity index is 2.20. The van der Waals surface area contributed by atoms with Crippen molar-refractivity contribution in [3.63, 3.8) is 0 Å². The first-order chi connectivity index (χ1) is 9.79. The summed E-state index contributed by atoms with van der Waals surface area (Å²) in [6.45, 7) is -0.0980. The lowest BCUT2D eigenvalue weighted by atomic mass is 10.2. The summed E-state index contributed by atoms with van der Waals surface area (Å²) < 4.78 is 13.3. The molecular formula is C12H11BrClFN2O4. The second-order valence-electron chi connectivity index (χ2n) is 4.57. The van der Waals surface area contributed by atoms with Crippen LogP contribution in [-0.4, -0.2) is 45.8 Å². The number of hydrogen-bond donors (Lipinski definition) is 3. The molecule has 3 N–H and O–H groups in total. The fourth-order valence-electron chi connectivity index (χ4n) is 2.11. The molecule has 21 heavy (non-hydrogen) atoms. The van der Waals surface area contributed by atoms with Crippen molar-refractivity contribution in [1.82, 2.24) is 4.90 Å². The number of anilines is 1. The van der Waals surface area contributed by atoms with Gasteiger partial charge in [0.15, 0.2) is 0 Å². The van der Waals surface area contributed by atoms with Gasteiger partial charge in [-0.05, 0) is 28.1 Å². The Kier molecular flexibility index (Phi) is 4.70. The van der Waals surface area contributed by atoms with Crippen LogP contribution in [-0.2, 0) is 4.79 Å². The second-order valence-corrected chi connectivity index (χ2v) is 5.83. The molecule has 0 radical (unpaired) electrons. The molecule has 114 valence electrons. The number of aliphatic hydroxyl groups excluding tert-OH is 1. The Bertz CT molecular complexity index is 578. The fraction of sp³-hybridized carbons (Fsp3) is 0.333. The highest BCUT2D eigenvalue weighted by atomic mass is 79.9. The number of amides is 2. The minimum atomic E-state index is -1.20. The zero-order valence-electron chi connectivity index (χ0n) is 10.5. The number of urea groups is 1. The van der Waals surface area contributed by atoms with Gasteiger partial charge in [0.2, 0.25) is 0 Å². The number of halogens is 3. The smallest absolute Gasteiger partial charge is 0.326 e. The molecule has 2 rings (SSSR count). The number of benzene rings is 1. The minimum absolute atomic E-state index is 0.0261. The lowest BCUT2D eigenvalue weighted by Gasteiger charge is -2.22. The van der Waals surface area contributed by atoms with Crippen LogP contribution < -0.4 is 5.32 Å². The lowest BCUT2D eigenvalue weighted by molar-refractivity contribution is -0.141. The lowest BCUT2D eigenvalue weighted by Crippen LogP contribution is -2.43. The van der Waals surface area contributed by atoms with Crippen molar-refractivity contribution in [3.8, 4) is 0 Å². The summed E-state index contributed by atoms with van der Waals surface area (Å²) in [6.07, 6.45) is -0.940. The van der Waals surface area contributed by atoms with E-state index in [1.807, 2.05) is 0 Å². The maximum absolute atomic E-state index is 13.1. The van der Waals surface area contributed by atoms with Crippen LogP contribution >= 0.6 is 27.5 Å². The SMILES string of the molecule is O=C(O)C1CC(O)CN1C(=O)Nc1c(Cl)cc(F)cc1Br. The third kappa shape index (κ3) is 3.45. The average molecular weight is 382 g/mol. The van der Waals surface area contributed by atoms with E-state index < -0.39 is 30.0 Å². The Labute approximate surface area is 132 Å². The molecule has 1 fully saturated rings. The summed E-state index contributed by atoms with van der Waals surface area (Å²) in [6, 6.07) is 0.302. The number of rotatable bonds is 2. The van der Waals surface area contributed by atoms with Gasteiger partial charge >= 0.3 is 12.0 Å². The van der Waals surface area contributed by atoms with Crippen molar-refractivity contribution in [3.05, 3.63) is 27.4 Å². The zero-order chi connectivity index (χ0) is 15.7. The maximum atomic E-state index is 13.1. The van der Waals surface area contributed by atoms with Crippen molar-refractivity contribution >= 4 is 45.2 Å². The van der Waals surface area contributed by atoms with Crippen LogP contribution in [0.5, 0.6) is 0 Å². The number of likely N-dealkylation sites (tertiary alicyclic amines) is 1. The van der Waals surface area contributed by atoms with Crippen LogP contribution in [0.1, 0.15) is 6.42 Å². The summed E-state index contributed by atoms with van der Waals surface area (Å²) in [5, 5.41) is 20.9. The summed E-state index contributed by atoms with van der Waals surface area (Å²) in [7, 11) is 0. The number of nitrogens with zero attached hydrogens (tertiary/aromatic N) is 1. The van der Waals surface area contributed by atoms with E-state index in [9.17, 15) is 19.1 Å². The maximum Gasteiger partial charge on any atom is 0.326 e. The van der Waals surface area contributed by atoms with Crippen molar-refractivity contribution in [2.45, 2.75) is 18.6 Å².